The van der Waals surface area contributed by atoms with E-state index in [0.29, 0.717) is 18.1 Å². The van der Waals surface area contributed by atoms with Crippen LogP contribution in [0.5, 0.6) is 0 Å². The number of piperidine rings is 1. The number of rotatable bonds is 5. The zero-order valence-corrected chi connectivity index (χ0v) is 17.3. The van der Waals surface area contributed by atoms with Crippen molar-refractivity contribution in [1.29, 1.82) is 0 Å². The van der Waals surface area contributed by atoms with E-state index in [-0.39, 0.29) is 10.8 Å². The minimum absolute atomic E-state index is 0.209. The summed E-state index contributed by atoms with van der Waals surface area (Å²) in [5.74, 6) is -0.335. The van der Waals surface area contributed by atoms with E-state index >= 15 is 0 Å². The van der Waals surface area contributed by atoms with Gasteiger partial charge in [0.1, 0.15) is 6.04 Å². The molecule has 1 fully saturated rings. The molecule has 1 N–H and O–H groups in total. The molecule has 1 aromatic heterocycles. The smallest absolute Gasteiger partial charge is 0.244 e. The van der Waals surface area contributed by atoms with Crippen LogP contribution in [-0.4, -0.2) is 36.2 Å². The highest BCUT2D eigenvalue weighted by atomic mass is 32.2. The summed E-state index contributed by atoms with van der Waals surface area (Å²) in [6, 6.07) is 17.2. The zero-order chi connectivity index (χ0) is 20.3. The second kappa shape index (κ2) is 8.44. The summed E-state index contributed by atoms with van der Waals surface area (Å²) in [4.78, 5) is 17.6. The second-order valence-corrected chi connectivity index (χ2v) is 9.58. The highest BCUT2D eigenvalue weighted by Gasteiger charge is 2.37. The number of sulfonamides is 1. The number of benzene rings is 2. The lowest BCUT2D eigenvalue weighted by molar-refractivity contribution is -0.120. The van der Waals surface area contributed by atoms with Gasteiger partial charge in [0.2, 0.25) is 15.9 Å². The van der Waals surface area contributed by atoms with E-state index in [1.54, 1.807) is 30.3 Å². The first-order valence-corrected chi connectivity index (χ1v) is 11.8. The minimum Gasteiger partial charge on any atom is -0.301 e. The highest BCUT2D eigenvalue weighted by Crippen LogP contribution is 2.28. The number of nitrogens with zero attached hydrogens (tertiary/aromatic N) is 2. The summed E-state index contributed by atoms with van der Waals surface area (Å²) in [5, 5.41) is 5.17. The van der Waals surface area contributed by atoms with Crippen molar-refractivity contribution in [2.24, 2.45) is 0 Å². The summed E-state index contributed by atoms with van der Waals surface area (Å²) in [7, 11) is -3.73. The molecule has 2 aromatic carbocycles. The van der Waals surface area contributed by atoms with Crippen LogP contribution in [0.25, 0.3) is 11.3 Å². The monoisotopic (exact) mass is 427 g/mol. The molecule has 4 rings (SSSR count). The van der Waals surface area contributed by atoms with E-state index in [1.807, 2.05) is 35.7 Å². The fourth-order valence-electron chi connectivity index (χ4n) is 3.44. The maximum atomic E-state index is 13.1. The molecule has 8 heteroatoms. The Morgan fingerprint density at radius 2 is 1.72 bits per heavy atom. The van der Waals surface area contributed by atoms with Gasteiger partial charge in [-0.1, -0.05) is 55.0 Å². The fourth-order valence-corrected chi connectivity index (χ4v) is 5.84. The van der Waals surface area contributed by atoms with Crippen molar-refractivity contribution in [3.63, 3.8) is 0 Å². The molecule has 0 aliphatic carbocycles. The quantitative estimate of drug-likeness (QED) is 0.668. The Morgan fingerprint density at radius 3 is 2.45 bits per heavy atom. The van der Waals surface area contributed by atoms with Crippen molar-refractivity contribution in [2.75, 3.05) is 11.9 Å². The van der Waals surface area contributed by atoms with Crippen molar-refractivity contribution >= 4 is 32.4 Å². The summed E-state index contributed by atoms with van der Waals surface area (Å²) in [6.07, 6.45) is 2.05. The van der Waals surface area contributed by atoms with E-state index in [9.17, 15) is 13.2 Å². The first-order valence-electron chi connectivity index (χ1n) is 9.44. The van der Waals surface area contributed by atoms with Crippen molar-refractivity contribution in [3.8, 4) is 11.3 Å². The second-order valence-electron chi connectivity index (χ2n) is 6.83. The number of thiazole rings is 1. The molecule has 0 radical (unpaired) electrons. The topological polar surface area (TPSA) is 79.4 Å². The maximum Gasteiger partial charge on any atom is 0.244 e. The molecule has 1 aliphatic rings. The molecule has 1 atom stereocenters. The molecule has 150 valence electrons. The lowest BCUT2D eigenvalue weighted by atomic mass is 10.0. The van der Waals surface area contributed by atoms with Crippen LogP contribution in [0, 0.1) is 0 Å². The largest absolute Gasteiger partial charge is 0.301 e. The van der Waals surface area contributed by atoms with Crippen LogP contribution in [0.1, 0.15) is 19.3 Å². The Balaban J connectivity index is 1.53. The Bertz CT molecular complexity index is 1080. The number of hydrogen-bond acceptors (Lipinski definition) is 5. The van der Waals surface area contributed by atoms with Crippen molar-refractivity contribution in [2.45, 2.75) is 30.2 Å². The molecule has 2 heterocycles. The fraction of sp³-hybridized carbons (Fsp3) is 0.238. The average molecular weight is 428 g/mol. The van der Waals surface area contributed by atoms with Crippen LogP contribution in [-0.2, 0) is 14.8 Å². The number of aromatic nitrogens is 1. The predicted molar refractivity (Wildman–Crippen MR) is 114 cm³/mol. The molecule has 6 nitrogen and oxygen atoms in total. The predicted octanol–water partition coefficient (Wildman–Crippen LogP) is 3.99. The normalized spacial score (nSPS) is 17.7. The summed E-state index contributed by atoms with van der Waals surface area (Å²) >= 11 is 1.33. The minimum atomic E-state index is -3.73. The van der Waals surface area contributed by atoms with Gasteiger partial charge < -0.3 is 5.32 Å². The van der Waals surface area contributed by atoms with Crippen LogP contribution in [0.2, 0.25) is 0 Å². The van der Waals surface area contributed by atoms with Gasteiger partial charge in [-0.05, 0) is 25.0 Å². The van der Waals surface area contributed by atoms with Gasteiger partial charge in [0.25, 0.3) is 0 Å². The van der Waals surface area contributed by atoms with E-state index in [2.05, 4.69) is 10.3 Å². The number of amides is 1. The number of anilines is 1. The van der Waals surface area contributed by atoms with Crippen LogP contribution in [0.4, 0.5) is 5.13 Å². The number of nitrogens with one attached hydrogen (secondary N) is 1. The molecule has 1 amide bonds. The Hall–Kier alpha value is -2.55. The van der Waals surface area contributed by atoms with Crippen molar-refractivity contribution < 1.29 is 13.2 Å². The van der Waals surface area contributed by atoms with Crippen LogP contribution in [0.15, 0.2) is 70.9 Å². The van der Waals surface area contributed by atoms with E-state index in [0.717, 1.165) is 24.1 Å². The lowest BCUT2D eigenvalue weighted by Crippen LogP contribution is -2.49. The molecule has 3 aromatic rings. The van der Waals surface area contributed by atoms with Gasteiger partial charge in [0, 0.05) is 17.5 Å². The van der Waals surface area contributed by atoms with Gasteiger partial charge in [0.15, 0.2) is 5.13 Å². The van der Waals surface area contributed by atoms with Gasteiger partial charge in [0.05, 0.1) is 10.6 Å². The van der Waals surface area contributed by atoms with Crippen LogP contribution in [0.3, 0.4) is 0 Å². The van der Waals surface area contributed by atoms with Gasteiger partial charge in [-0.2, -0.15) is 4.31 Å². The average Bonchev–Trinajstić information content (AvgIpc) is 3.23. The first-order chi connectivity index (χ1) is 14.1. The van der Waals surface area contributed by atoms with E-state index in [4.69, 9.17) is 0 Å². The molecule has 1 saturated heterocycles. The van der Waals surface area contributed by atoms with Crippen molar-refractivity contribution in [3.05, 3.63) is 66.0 Å². The third kappa shape index (κ3) is 4.24. The Kier molecular flexibility index (Phi) is 5.75. The van der Waals surface area contributed by atoms with Gasteiger partial charge in [-0.15, -0.1) is 11.3 Å². The SMILES string of the molecule is O=C(Nc1nc(-c2ccccc2)cs1)[C@@H]1CCCCN1S(=O)(=O)c1ccccc1. The maximum absolute atomic E-state index is 13.1. The molecule has 1 aliphatic heterocycles. The first kappa shape index (κ1) is 19.8. The lowest BCUT2D eigenvalue weighted by Gasteiger charge is -2.33. The van der Waals surface area contributed by atoms with Gasteiger partial charge in [-0.3, -0.25) is 4.79 Å². The van der Waals surface area contributed by atoms with Gasteiger partial charge >= 0.3 is 0 Å². The summed E-state index contributed by atoms with van der Waals surface area (Å²) in [6.45, 7) is 0.336. The third-order valence-corrected chi connectivity index (χ3v) is 7.59. The Morgan fingerprint density at radius 1 is 1.03 bits per heavy atom. The molecule has 0 saturated carbocycles. The standard InChI is InChI=1S/C21H21N3O3S2/c25-20(23-21-22-18(15-28-21)16-9-3-1-4-10-16)19-13-7-8-14-24(19)29(26,27)17-11-5-2-6-12-17/h1-6,9-12,15,19H,7-8,13-14H2,(H,22,23,25)/t19-/m0/s1. The molecular formula is C21H21N3O3S2. The molecule has 29 heavy (non-hydrogen) atoms. The zero-order valence-electron chi connectivity index (χ0n) is 15.7. The highest BCUT2D eigenvalue weighted by molar-refractivity contribution is 7.89. The molecular weight excluding hydrogens is 406 g/mol. The molecule has 0 spiro atoms. The molecule has 0 bridgehead atoms. The van der Waals surface area contributed by atoms with Crippen LogP contribution >= 0.6 is 11.3 Å². The number of carbonyl (C=O) groups excluding carboxylic acids is 1. The third-order valence-electron chi connectivity index (χ3n) is 4.91. The van der Waals surface area contributed by atoms with Gasteiger partial charge in [-0.25, -0.2) is 13.4 Å². The summed E-state index contributed by atoms with van der Waals surface area (Å²) in [5.41, 5.74) is 1.75. The van der Waals surface area contributed by atoms with Crippen molar-refractivity contribution in [1.82, 2.24) is 9.29 Å². The number of carbonyl (C=O) groups is 1. The van der Waals surface area contributed by atoms with Crippen LogP contribution < -0.4 is 5.32 Å². The van der Waals surface area contributed by atoms with E-state index < -0.39 is 16.1 Å². The summed E-state index contributed by atoms with van der Waals surface area (Å²) < 4.78 is 27.5. The Labute approximate surface area is 174 Å². The van der Waals surface area contributed by atoms with E-state index in [1.165, 1.54) is 15.6 Å². The molecule has 0 unspecified atom stereocenters. The number of hydrogen-bond donors (Lipinski definition) is 1.